The highest BCUT2D eigenvalue weighted by molar-refractivity contribution is 5.98. The van der Waals surface area contributed by atoms with E-state index in [-0.39, 0.29) is 59.1 Å². The Morgan fingerprint density at radius 2 is 1.58 bits per heavy atom. The number of oxime groups is 1. The maximum atomic E-state index is 14.5. The molecule has 0 saturated carbocycles. The second kappa shape index (κ2) is 17.9. The molecule has 0 aromatic carbocycles. The van der Waals surface area contributed by atoms with Crippen molar-refractivity contribution in [2.75, 3.05) is 0 Å². The van der Waals surface area contributed by atoms with E-state index in [2.05, 4.69) is 53.6 Å². The second-order valence-electron chi connectivity index (χ2n) is 18.4. The molecule has 0 aromatic rings. The summed E-state index contributed by atoms with van der Waals surface area (Å²) in [6.45, 7) is 22.6. The Kier molecular flexibility index (Phi) is 14.4. The van der Waals surface area contributed by atoms with Crippen molar-refractivity contribution in [3.63, 3.8) is 0 Å². The molecule has 5 rings (SSSR count). The zero-order valence-electron chi connectivity index (χ0n) is 35.5. The van der Waals surface area contributed by atoms with Crippen molar-refractivity contribution in [1.82, 2.24) is 0 Å². The lowest BCUT2D eigenvalue weighted by atomic mass is 9.70. The Bertz CT molecular complexity index is 1400. The van der Waals surface area contributed by atoms with Gasteiger partial charge in [-0.2, -0.15) is 0 Å². The summed E-state index contributed by atoms with van der Waals surface area (Å²) >= 11 is 0. The number of aliphatic hydroxyl groups excluding tert-OH is 1. The highest BCUT2D eigenvalue weighted by Crippen LogP contribution is 2.51. The number of hydrogen-bond donors (Lipinski definition) is 3. The minimum absolute atomic E-state index is 0.0128. The van der Waals surface area contributed by atoms with Crippen LogP contribution in [-0.2, 0) is 33.3 Å². The maximum Gasteiger partial charge on any atom is 0.309 e. The standard InChI is InChI=1S/C44H73NO10/c1-12-29(40(48)49)34-17-16-23(5)38(52-34)27(9)36(46)26(8)37(47)30(13-2)39-25(7)20-24(6)31-21-33(45-50)32-22-43(11,55-42(32)54-41(31)53-39)35-18-19-44(14-3,15-4)28(10)51-35/h21,23-30,32,34-36,38-39,41-42,46,50H,12-20,22H2,1-11H3,(H,48,49)/b45-33+/t23-,24+,25-,26-,27-,28-,29?,30-,32?,34+,35+,36+,38+,39-,41-,42-,43-/m0/s1. The third-order valence-electron chi connectivity index (χ3n) is 15.3. The number of carbonyl (C=O) groups is 2. The van der Waals surface area contributed by atoms with Gasteiger partial charge in [0.15, 0.2) is 12.6 Å². The van der Waals surface area contributed by atoms with Gasteiger partial charge in [-0.25, -0.2) is 0 Å². The van der Waals surface area contributed by atoms with Gasteiger partial charge in [0.1, 0.15) is 5.78 Å². The van der Waals surface area contributed by atoms with Crippen molar-refractivity contribution in [3.8, 4) is 0 Å². The molecule has 314 valence electrons. The molecule has 3 N–H and O–H groups in total. The second-order valence-corrected chi connectivity index (χ2v) is 18.4. The SMILES string of the molecule is CCC(C(=O)O)[C@H]1CC[C@H](C)[C@H]([C@@H](C)[C@H](O)[C@H](C)C(=O)[C@H](CC)[C@H]2O[C@H]3O[C@H]4O[C@](C)([C@H]5CCC(CC)(CC)[C@H](C)O5)CC4/C(=N/O)C=C3[C@H](C)C[C@@H]2C)O1. The number of fused-ring (bicyclic) bond motifs is 2. The smallest absolute Gasteiger partial charge is 0.309 e. The first-order valence-electron chi connectivity index (χ1n) is 21.7. The fraction of sp³-hybridized carbons (Fsp3) is 0.886. The average Bonchev–Trinajstić information content (AvgIpc) is 3.36. The molecule has 0 aliphatic carbocycles. The number of ether oxygens (including phenoxy) is 5. The van der Waals surface area contributed by atoms with Crippen molar-refractivity contribution in [2.24, 2.45) is 57.9 Å². The molecule has 11 heteroatoms. The molecule has 4 fully saturated rings. The number of ketones is 1. The van der Waals surface area contributed by atoms with Gasteiger partial charge in [-0.3, -0.25) is 9.59 Å². The largest absolute Gasteiger partial charge is 0.481 e. The quantitative estimate of drug-likeness (QED) is 0.123. The van der Waals surface area contributed by atoms with E-state index in [0.29, 0.717) is 31.4 Å². The number of Topliss-reactive ketones (excluding diaryl/α,β-unsaturated/α-hetero) is 1. The zero-order valence-corrected chi connectivity index (χ0v) is 35.5. The number of rotatable bonds is 13. The van der Waals surface area contributed by atoms with Gasteiger partial charge in [0.05, 0.1) is 59.8 Å². The van der Waals surface area contributed by atoms with Crippen LogP contribution in [0.2, 0.25) is 0 Å². The van der Waals surface area contributed by atoms with Crippen molar-refractivity contribution in [3.05, 3.63) is 11.6 Å². The van der Waals surface area contributed by atoms with E-state index in [0.717, 1.165) is 44.1 Å². The summed E-state index contributed by atoms with van der Waals surface area (Å²) in [6, 6.07) is 0. The van der Waals surface area contributed by atoms with Gasteiger partial charge < -0.3 is 39.1 Å². The van der Waals surface area contributed by atoms with Gasteiger partial charge in [0.2, 0.25) is 0 Å². The number of carboxylic acids is 1. The predicted molar refractivity (Wildman–Crippen MR) is 210 cm³/mol. The summed E-state index contributed by atoms with van der Waals surface area (Å²) in [5.41, 5.74) is 0.879. The minimum atomic E-state index is -0.986. The molecule has 55 heavy (non-hydrogen) atoms. The molecule has 4 saturated heterocycles. The number of aliphatic carboxylic acids is 1. The third-order valence-corrected chi connectivity index (χ3v) is 15.3. The molecule has 0 amide bonds. The van der Waals surface area contributed by atoms with Crippen LogP contribution in [0.1, 0.15) is 140 Å². The van der Waals surface area contributed by atoms with E-state index in [9.17, 15) is 25.0 Å². The van der Waals surface area contributed by atoms with Crippen molar-refractivity contribution in [1.29, 1.82) is 0 Å². The highest BCUT2D eigenvalue weighted by atomic mass is 16.8. The van der Waals surface area contributed by atoms with Crippen LogP contribution in [0.15, 0.2) is 16.8 Å². The van der Waals surface area contributed by atoms with E-state index in [1.807, 2.05) is 26.8 Å². The Morgan fingerprint density at radius 3 is 2.16 bits per heavy atom. The van der Waals surface area contributed by atoms with Crippen LogP contribution in [0.4, 0.5) is 0 Å². The first kappa shape index (κ1) is 44.2. The highest BCUT2D eigenvalue weighted by Gasteiger charge is 2.56. The number of aliphatic hydroxyl groups is 1. The Morgan fingerprint density at radius 1 is 0.909 bits per heavy atom. The van der Waals surface area contributed by atoms with Crippen LogP contribution < -0.4 is 0 Å². The van der Waals surface area contributed by atoms with Crippen LogP contribution in [0, 0.1) is 52.8 Å². The van der Waals surface area contributed by atoms with Crippen LogP contribution in [-0.4, -0.2) is 87.7 Å². The molecule has 5 aliphatic heterocycles. The van der Waals surface area contributed by atoms with Crippen LogP contribution in [0.5, 0.6) is 0 Å². The van der Waals surface area contributed by atoms with Gasteiger partial charge in [-0.05, 0) is 113 Å². The molecular formula is C44H73NO10. The van der Waals surface area contributed by atoms with Crippen molar-refractivity contribution in [2.45, 2.75) is 195 Å². The number of carbonyl (C=O) groups excluding carboxylic acids is 1. The zero-order chi connectivity index (χ0) is 40.6. The van der Waals surface area contributed by atoms with Gasteiger partial charge in [0, 0.05) is 17.8 Å². The number of allylic oxidation sites excluding steroid dienone is 1. The third kappa shape index (κ3) is 8.63. The fourth-order valence-corrected chi connectivity index (χ4v) is 11.2. The Balaban J connectivity index is 1.33. The van der Waals surface area contributed by atoms with Crippen LogP contribution in [0.3, 0.4) is 0 Å². The summed E-state index contributed by atoms with van der Waals surface area (Å²) < 4.78 is 33.7. The van der Waals surface area contributed by atoms with Crippen molar-refractivity contribution < 1.29 is 48.7 Å². The van der Waals surface area contributed by atoms with E-state index in [4.69, 9.17) is 23.7 Å². The maximum absolute atomic E-state index is 14.5. The molecule has 0 aromatic heterocycles. The fourth-order valence-electron chi connectivity index (χ4n) is 11.2. The summed E-state index contributed by atoms with van der Waals surface area (Å²) in [4.78, 5) is 26.5. The Hall–Kier alpha value is -1.89. The molecule has 17 atom stereocenters. The summed E-state index contributed by atoms with van der Waals surface area (Å²) in [7, 11) is 0. The lowest BCUT2D eigenvalue weighted by Gasteiger charge is -2.48. The first-order valence-corrected chi connectivity index (χ1v) is 21.7. The van der Waals surface area contributed by atoms with Gasteiger partial charge in [-0.15, -0.1) is 0 Å². The molecule has 5 aliphatic rings. The predicted octanol–water partition coefficient (Wildman–Crippen LogP) is 8.18. The van der Waals surface area contributed by atoms with E-state index in [1.54, 1.807) is 6.92 Å². The Labute approximate surface area is 330 Å². The number of nitrogens with zero attached hydrogens (tertiary/aromatic N) is 1. The lowest BCUT2D eigenvalue weighted by molar-refractivity contribution is -0.279. The molecule has 0 bridgehead atoms. The van der Waals surface area contributed by atoms with E-state index < -0.39 is 60.2 Å². The van der Waals surface area contributed by atoms with Gasteiger partial charge >= 0.3 is 5.97 Å². The molecule has 0 spiro atoms. The van der Waals surface area contributed by atoms with Crippen molar-refractivity contribution >= 4 is 17.5 Å². The summed E-state index contributed by atoms with van der Waals surface area (Å²) in [5, 5.41) is 35.8. The average molecular weight is 776 g/mol. The normalized spacial score (nSPS) is 41.4. The number of hydrogen-bond acceptors (Lipinski definition) is 10. The molecular weight excluding hydrogens is 702 g/mol. The van der Waals surface area contributed by atoms with Crippen LogP contribution >= 0.6 is 0 Å². The lowest BCUT2D eigenvalue weighted by Crippen LogP contribution is -2.51. The summed E-state index contributed by atoms with van der Waals surface area (Å²) in [5.74, 6) is -3.32. The molecule has 0 radical (unpaired) electrons. The first-order chi connectivity index (χ1) is 26.0. The number of carboxylic acid groups (broad SMARTS) is 1. The monoisotopic (exact) mass is 776 g/mol. The molecule has 11 nitrogen and oxygen atoms in total. The van der Waals surface area contributed by atoms with Gasteiger partial charge in [-0.1, -0.05) is 67.5 Å². The van der Waals surface area contributed by atoms with Crippen LogP contribution in [0.25, 0.3) is 0 Å². The van der Waals surface area contributed by atoms with E-state index >= 15 is 0 Å². The van der Waals surface area contributed by atoms with Gasteiger partial charge in [0.25, 0.3) is 0 Å². The topological polar surface area (TPSA) is 153 Å². The summed E-state index contributed by atoms with van der Waals surface area (Å²) in [6.07, 6.45) is 5.91. The molecule has 5 heterocycles. The van der Waals surface area contributed by atoms with E-state index in [1.165, 1.54) is 0 Å². The molecule has 2 unspecified atom stereocenters. The minimum Gasteiger partial charge on any atom is -0.481 e.